The molecule has 1 unspecified atom stereocenters. The van der Waals surface area contributed by atoms with E-state index >= 15 is 0 Å². The van der Waals surface area contributed by atoms with Gasteiger partial charge < -0.3 is 10.2 Å². The maximum Gasteiger partial charge on any atom is 0.228 e. The summed E-state index contributed by atoms with van der Waals surface area (Å²) in [5.41, 5.74) is 3.70. The van der Waals surface area contributed by atoms with Gasteiger partial charge in [0.05, 0.1) is 11.9 Å². The van der Waals surface area contributed by atoms with Crippen molar-refractivity contribution in [1.29, 1.82) is 0 Å². The molecule has 112 valence electrons. The van der Waals surface area contributed by atoms with E-state index in [1.54, 1.807) is 0 Å². The second kappa shape index (κ2) is 5.13. The summed E-state index contributed by atoms with van der Waals surface area (Å²) < 4.78 is 0. The summed E-state index contributed by atoms with van der Waals surface area (Å²) in [5.74, 6) is 0.938. The molecule has 0 spiro atoms. The number of rotatable bonds is 3. The fraction of sp³-hybridized carbons (Fsp3) is 0.333. The van der Waals surface area contributed by atoms with Crippen LogP contribution in [0.3, 0.4) is 0 Å². The lowest BCUT2D eigenvalue weighted by Gasteiger charge is -2.24. The third-order valence-corrected chi connectivity index (χ3v) is 4.43. The lowest BCUT2D eigenvalue weighted by atomic mass is 10.1. The molecular weight excluding hydrogens is 274 g/mol. The number of amides is 1. The van der Waals surface area contributed by atoms with Gasteiger partial charge in [0.25, 0.3) is 0 Å². The Hall–Kier alpha value is -2.36. The summed E-state index contributed by atoms with van der Waals surface area (Å²) >= 11 is 0. The van der Waals surface area contributed by atoms with Gasteiger partial charge in [-0.25, -0.2) is 4.98 Å². The van der Waals surface area contributed by atoms with Crippen LogP contribution in [0.25, 0.3) is 0 Å². The van der Waals surface area contributed by atoms with E-state index in [1.807, 2.05) is 18.3 Å². The fourth-order valence-corrected chi connectivity index (χ4v) is 3.14. The van der Waals surface area contributed by atoms with E-state index in [9.17, 15) is 4.79 Å². The van der Waals surface area contributed by atoms with Crippen LogP contribution < -0.4 is 10.2 Å². The summed E-state index contributed by atoms with van der Waals surface area (Å²) in [5, 5.41) is 2.88. The van der Waals surface area contributed by atoms with Crippen molar-refractivity contribution in [3.63, 3.8) is 0 Å². The molecule has 0 radical (unpaired) electrons. The number of pyridine rings is 1. The molecule has 1 aliphatic heterocycles. The first kappa shape index (κ1) is 13.3. The van der Waals surface area contributed by atoms with E-state index in [0.29, 0.717) is 11.9 Å². The average Bonchev–Trinajstić information content (AvgIpc) is 3.31. The lowest BCUT2D eigenvalue weighted by molar-refractivity contribution is -0.117. The fourth-order valence-electron chi connectivity index (χ4n) is 3.14. The Morgan fingerprint density at radius 3 is 2.77 bits per heavy atom. The summed E-state index contributed by atoms with van der Waals surface area (Å²) in [7, 11) is 0. The zero-order chi connectivity index (χ0) is 15.1. The quantitative estimate of drug-likeness (QED) is 0.942. The van der Waals surface area contributed by atoms with Crippen molar-refractivity contribution >= 4 is 23.1 Å². The second-order valence-electron chi connectivity index (χ2n) is 6.22. The van der Waals surface area contributed by atoms with Crippen LogP contribution in [0, 0.1) is 5.92 Å². The van der Waals surface area contributed by atoms with Crippen molar-refractivity contribution in [1.82, 2.24) is 4.98 Å². The van der Waals surface area contributed by atoms with Crippen LogP contribution in [0.2, 0.25) is 0 Å². The highest BCUT2D eigenvalue weighted by molar-refractivity contribution is 5.93. The number of nitrogens with one attached hydrogen (secondary N) is 1. The summed E-state index contributed by atoms with van der Waals surface area (Å²) in [6.45, 7) is 2.22. The summed E-state index contributed by atoms with van der Waals surface area (Å²) in [4.78, 5) is 18.5. The van der Waals surface area contributed by atoms with Gasteiger partial charge in [-0.05, 0) is 49.9 Å². The van der Waals surface area contributed by atoms with Crippen LogP contribution in [0.4, 0.5) is 17.2 Å². The minimum Gasteiger partial charge on any atom is -0.337 e. The normalized spacial score (nSPS) is 19.9. The number of carbonyl (C=O) groups excluding carboxylic acids is 1. The van der Waals surface area contributed by atoms with Gasteiger partial charge in [0.1, 0.15) is 5.82 Å². The molecule has 1 aromatic carbocycles. The molecule has 0 bridgehead atoms. The number of fused-ring (bicyclic) bond motifs is 1. The molecule has 1 atom stereocenters. The first-order valence-electron chi connectivity index (χ1n) is 7.86. The molecule has 22 heavy (non-hydrogen) atoms. The minimum atomic E-state index is 0.0973. The highest BCUT2D eigenvalue weighted by Gasteiger charge is 2.30. The largest absolute Gasteiger partial charge is 0.337 e. The summed E-state index contributed by atoms with van der Waals surface area (Å²) in [6.07, 6.45) is 4.91. The molecule has 1 saturated carbocycles. The van der Waals surface area contributed by atoms with Gasteiger partial charge in [-0.1, -0.05) is 18.2 Å². The third-order valence-electron chi connectivity index (χ3n) is 4.43. The van der Waals surface area contributed by atoms with Crippen LogP contribution in [0.15, 0.2) is 42.6 Å². The molecule has 2 heterocycles. The van der Waals surface area contributed by atoms with Gasteiger partial charge in [-0.3, -0.25) is 4.79 Å². The number of carbonyl (C=O) groups is 1. The zero-order valence-electron chi connectivity index (χ0n) is 12.6. The third kappa shape index (κ3) is 2.34. The molecule has 1 aliphatic carbocycles. The number of nitrogens with zero attached hydrogens (tertiary/aromatic N) is 2. The van der Waals surface area contributed by atoms with Gasteiger partial charge in [-0.15, -0.1) is 0 Å². The molecule has 1 fully saturated rings. The number of benzene rings is 1. The molecule has 4 rings (SSSR count). The average molecular weight is 293 g/mol. The number of para-hydroxylation sites is 1. The highest BCUT2D eigenvalue weighted by atomic mass is 16.2. The topological polar surface area (TPSA) is 45.2 Å². The van der Waals surface area contributed by atoms with Crippen LogP contribution in [-0.4, -0.2) is 16.9 Å². The smallest absolute Gasteiger partial charge is 0.228 e. The van der Waals surface area contributed by atoms with E-state index < -0.39 is 0 Å². The van der Waals surface area contributed by atoms with Gasteiger partial charge in [0, 0.05) is 17.6 Å². The van der Waals surface area contributed by atoms with E-state index in [-0.39, 0.29) is 11.8 Å². The predicted octanol–water partition coefficient (Wildman–Crippen LogP) is 3.51. The zero-order valence-corrected chi connectivity index (χ0v) is 12.6. The number of hydrogen-bond donors (Lipinski definition) is 1. The van der Waals surface area contributed by atoms with Gasteiger partial charge >= 0.3 is 0 Å². The predicted molar refractivity (Wildman–Crippen MR) is 87.3 cm³/mol. The molecule has 4 heteroatoms. The molecule has 2 aliphatic rings. The lowest BCUT2D eigenvalue weighted by Crippen LogP contribution is -2.24. The first-order chi connectivity index (χ1) is 10.7. The Labute approximate surface area is 130 Å². The highest BCUT2D eigenvalue weighted by Crippen LogP contribution is 2.38. The maximum atomic E-state index is 11.8. The Bertz CT molecular complexity index is 707. The van der Waals surface area contributed by atoms with Gasteiger partial charge in [0.2, 0.25) is 5.91 Å². The maximum absolute atomic E-state index is 11.8. The first-order valence-corrected chi connectivity index (χ1v) is 7.86. The van der Waals surface area contributed by atoms with Crippen LogP contribution in [0.5, 0.6) is 0 Å². The molecular formula is C18H19N3O. The molecule has 2 aromatic rings. The van der Waals surface area contributed by atoms with Crippen molar-refractivity contribution in [3.05, 3.63) is 48.2 Å². The Balaban J connectivity index is 1.56. The SMILES string of the molecule is CC1Cc2ccccc2N1c1ccc(NC(=O)C2CC2)nc1. The molecule has 4 nitrogen and oxygen atoms in total. The van der Waals surface area contributed by atoms with E-state index in [4.69, 9.17) is 0 Å². The molecule has 1 amide bonds. The van der Waals surface area contributed by atoms with Crippen molar-refractivity contribution in [3.8, 4) is 0 Å². The van der Waals surface area contributed by atoms with Crippen LogP contribution in [-0.2, 0) is 11.2 Å². The molecule has 1 N–H and O–H groups in total. The van der Waals surface area contributed by atoms with Crippen molar-refractivity contribution in [2.24, 2.45) is 5.92 Å². The summed E-state index contributed by atoms with van der Waals surface area (Å²) in [6, 6.07) is 12.8. The molecule has 1 aromatic heterocycles. The van der Waals surface area contributed by atoms with Gasteiger partial charge in [0.15, 0.2) is 0 Å². The Kier molecular flexibility index (Phi) is 3.10. The van der Waals surface area contributed by atoms with E-state index in [1.165, 1.54) is 11.3 Å². The Morgan fingerprint density at radius 1 is 1.23 bits per heavy atom. The van der Waals surface area contributed by atoms with Crippen molar-refractivity contribution in [2.75, 3.05) is 10.2 Å². The number of hydrogen-bond acceptors (Lipinski definition) is 3. The van der Waals surface area contributed by atoms with Crippen molar-refractivity contribution in [2.45, 2.75) is 32.2 Å². The number of aromatic nitrogens is 1. The number of anilines is 3. The monoisotopic (exact) mass is 293 g/mol. The van der Waals surface area contributed by atoms with Crippen molar-refractivity contribution < 1.29 is 4.79 Å². The second-order valence-corrected chi connectivity index (χ2v) is 6.22. The van der Waals surface area contributed by atoms with E-state index in [0.717, 1.165) is 24.9 Å². The minimum absolute atomic E-state index is 0.0973. The van der Waals surface area contributed by atoms with Crippen LogP contribution >= 0.6 is 0 Å². The standard InChI is InChI=1S/C18H19N3O/c1-12-10-14-4-2-3-5-16(14)21(12)15-8-9-17(19-11-15)20-18(22)13-6-7-13/h2-5,8-9,11-13H,6-7,10H2,1H3,(H,19,20,22). The van der Waals surface area contributed by atoms with Gasteiger partial charge in [-0.2, -0.15) is 0 Å². The van der Waals surface area contributed by atoms with Crippen LogP contribution in [0.1, 0.15) is 25.3 Å². The van der Waals surface area contributed by atoms with E-state index in [2.05, 4.69) is 46.4 Å². The Morgan fingerprint density at radius 2 is 2.05 bits per heavy atom. The molecule has 0 saturated heterocycles.